The van der Waals surface area contributed by atoms with Crippen molar-refractivity contribution in [2.45, 2.75) is 46.1 Å². The second-order valence-corrected chi connectivity index (χ2v) is 6.44. The lowest BCUT2D eigenvalue weighted by Crippen LogP contribution is -2.33. The summed E-state index contributed by atoms with van der Waals surface area (Å²) < 4.78 is 32.9. The highest BCUT2D eigenvalue weighted by molar-refractivity contribution is 5.84. The Hall–Kier alpha value is -2.11. The van der Waals surface area contributed by atoms with E-state index in [9.17, 15) is 13.6 Å². The maximum Gasteiger partial charge on any atom is 0.407 e. The van der Waals surface area contributed by atoms with Gasteiger partial charge in [0.25, 0.3) is 0 Å². The number of H-pyrrole nitrogens is 1. The number of carbonyl (C=O) groups excluding carboxylic acids is 1. The number of halogens is 2. The van der Waals surface area contributed by atoms with Gasteiger partial charge >= 0.3 is 6.09 Å². The molecule has 23 heavy (non-hydrogen) atoms. The molecule has 0 saturated heterocycles. The van der Waals surface area contributed by atoms with Gasteiger partial charge in [0.15, 0.2) is 11.6 Å². The molecule has 4 nitrogen and oxygen atoms in total. The van der Waals surface area contributed by atoms with Gasteiger partial charge in [-0.3, -0.25) is 0 Å². The van der Waals surface area contributed by atoms with Crippen LogP contribution in [0.5, 0.6) is 0 Å². The summed E-state index contributed by atoms with van der Waals surface area (Å²) in [4.78, 5) is 14.7. The number of aromatic nitrogens is 1. The Balaban J connectivity index is 2.14. The zero-order valence-electron chi connectivity index (χ0n) is 13.8. The van der Waals surface area contributed by atoms with Gasteiger partial charge in [-0.2, -0.15) is 0 Å². The molecule has 2 N–H and O–H groups in total. The lowest BCUT2D eigenvalue weighted by atomic mass is 10.1. The minimum absolute atomic E-state index is 0.158. The number of rotatable bonds is 4. The summed E-state index contributed by atoms with van der Waals surface area (Å²) in [5.74, 6) is -1.76. The van der Waals surface area contributed by atoms with Crippen molar-refractivity contribution in [2.75, 3.05) is 6.54 Å². The molecule has 2 aromatic rings. The van der Waals surface area contributed by atoms with Crippen molar-refractivity contribution in [3.05, 3.63) is 35.0 Å². The smallest absolute Gasteiger partial charge is 0.407 e. The van der Waals surface area contributed by atoms with Crippen LogP contribution in [0.4, 0.5) is 13.6 Å². The fraction of sp³-hybridized carbons (Fsp3) is 0.471. The Morgan fingerprint density at radius 3 is 2.61 bits per heavy atom. The minimum Gasteiger partial charge on any atom is -0.444 e. The Morgan fingerprint density at radius 2 is 2.00 bits per heavy atom. The van der Waals surface area contributed by atoms with Crippen molar-refractivity contribution in [3.63, 3.8) is 0 Å². The van der Waals surface area contributed by atoms with Crippen molar-refractivity contribution >= 4 is 17.0 Å². The Bertz CT molecular complexity index is 717. The lowest BCUT2D eigenvalue weighted by molar-refractivity contribution is 0.0528. The molecule has 0 bridgehead atoms. The van der Waals surface area contributed by atoms with Crippen LogP contribution in [0.1, 0.15) is 39.0 Å². The maximum atomic E-state index is 14.1. The van der Waals surface area contributed by atoms with E-state index in [4.69, 9.17) is 4.74 Å². The zero-order valence-corrected chi connectivity index (χ0v) is 13.8. The summed E-state index contributed by atoms with van der Waals surface area (Å²) in [6.07, 6.45) is 0.336. The Morgan fingerprint density at radius 1 is 1.30 bits per heavy atom. The number of ether oxygens (including phenoxy) is 1. The number of aromatic amines is 1. The van der Waals surface area contributed by atoms with Crippen LogP contribution in [-0.4, -0.2) is 23.2 Å². The molecule has 2 rings (SSSR count). The predicted octanol–water partition coefficient (Wildman–Crippen LogP) is 4.08. The van der Waals surface area contributed by atoms with Crippen LogP contribution in [0.3, 0.4) is 0 Å². The van der Waals surface area contributed by atoms with E-state index in [1.54, 1.807) is 20.8 Å². The molecule has 1 aromatic carbocycles. The number of fused-ring (bicyclic) bond motifs is 1. The molecule has 0 fully saturated rings. The molecular weight excluding hydrogens is 302 g/mol. The number of hydrogen-bond donors (Lipinski definition) is 2. The largest absolute Gasteiger partial charge is 0.444 e. The van der Waals surface area contributed by atoms with Gasteiger partial charge in [-0.05, 0) is 45.7 Å². The van der Waals surface area contributed by atoms with Gasteiger partial charge in [-0.15, -0.1) is 0 Å². The molecule has 0 spiro atoms. The Labute approximate surface area is 134 Å². The van der Waals surface area contributed by atoms with E-state index in [1.165, 1.54) is 6.07 Å². The minimum atomic E-state index is -0.883. The number of aryl methyl sites for hydroxylation is 1. The van der Waals surface area contributed by atoms with Gasteiger partial charge in [-0.1, -0.05) is 6.92 Å². The normalized spacial score (nSPS) is 11.7. The standard InChI is InChI=1S/C17H22F2N2O2/c1-5-11-8-10-9-13(18)14(19)12(15(10)21-11)6-7-20-16(22)23-17(2,3)4/h8-9,21H,5-7H2,1-4H3,(H,20,22). The first-order valence-corrected chi connectivity index (χ1v) is 7.66. The third-order valence-electron chi connectivity index (χ3n) is 3.39. The van der Waals surface area contributed by atoms with Crippen LogP contribution in [0.25, 0.3) is 10.9 Å². The molecule has 0 aliphatic carbocycles. The van der Waals surface area contributed by atoms with E-state index >= 15 is 0 Å². The van der Waals surface area contributed by atoms with Gasteiger partial charge in [0, 0.05) is 23.2 Å². The first-order chi connectivity index (χ1) is 10.7. The summed E-state index contributed by atoms with van der Waals surface area (Å²) >= 11 is 0. The number of benzene rings is 1. The van der Waals surface area contributed by atoms with E-state index < -0.39 is 23.3 Å². The average molecular weight is 324 g/mol. The van der Waals surface area contributed by atoms with E-state index in [1.807, 2.05) is 13.0 Å². The van der Waals surface area contributed by atoms with Crippen LogP contribution >= 0.6 is 0 Å². The van der Waals surface area contributed by atoms with Crippen molar-refractivity contribution in [3.8, 4) is 0 Å². The summed E-state index contributed by atoms with van der Waals surface area (Å²) in [5.41, 5.74) is 1.12. The lowest BCUT2D eigenvalue weighted by Gasteiger charge is -2.19. The van der Waals surface area contributed by atoms with Gasteiger partial charge in [0.2, 0.25) is 0 Å². The summed E-state index contributed by atoms with van der Waals surface area (Å²) in [7, 11) is 0. The van der Waals surface area contributed by atoms with E-state index in [0.717, 1.165) is 12.1 Å². The summed E-state index contributed by atoms with van der Waals surface area (Å²) in [6, 6.07) is 2.99. The topological polar surface area (TPSA) is 54.1 Å². The second kappa shape index (κ2) is 6.56. The first kappa shape index (κ1) is 17.2. The van der Waals surface area contributed by atoms with Gasteiger partial charge < -0.3 is 15.0 Å². The van der Waals surface area contributed by atoms with Gasteiger partial charge in [-0.25, -0.2) is 13.6 Å². The monoisotopic (exact) mass is 324 g/mol. The van der Waals surface area contributed by atoms with Gasteiger partial charge in [0.1, 0.15) is 5.60 Å². The first-order valence-electron chi connectivity index (χ1n) is 7.66. The Kier molecular flexibility index (Phi) is 4.92. The van der Waals surface area contributed by atoms with Crippen molar-refractivity contribution in [1.82, 2.24) is 10.3 Å². The molecule has 0 aliphatic heterocycles. The molecule has 0 atom stereocenters. The van der Waals surface area contributed by atoms with E-state index in [2.05, 4.69) is 10.3 Å². The summed E-state index contributed by atoms with van der Waals surface area (Å²) in [6.45, 7) is 7.39. The number of hydrogen-bond acceptors (Lipinski definition) is 2. The van der Waals surface area contributed by atoms with Crippen LogP contribution in [0, 0.1) is 11.6 Å². The maximum absolute atomic E-state index is 14.1. The zero-order chi connectivity index (χ0) is 17.2. The van der Waals surface area contributed by atoms with Crippen molar-refractivity contribution in [2.24, 2.45) is 0 Å². The highest BCUT2D eigenvalue weighted by atomic mass is 19.2. The van der Waals surface area contributed by atoms with E-state index in [-0.39, 0.29) is 18.5 Å². The highest BCUT2D eigenvalue weighted by Gasteiger charge is 2.18. The third-order valence-corrected chi connectivity index (χ3v) is 3.39. The van der Waals surface area contributed by atoms with Crippen LogP contribution < -0.4 is 5.32 Å². The van der Waals surface area contributed by atoms with Crippen molar-refractivity contribution in [1.29, 1.82) is 0 Å². The van der Waals surface area contributed by atoms with Crippen LogP contribution in [-0.2, 0) is 17.6 Å². The third kappa shape index (κ3) is 4.21. The highest BCUT2D eigenvalue weighted by Crippen LogP contribution is 2.25. The molecule has 0 unspecified atom stereocenters. The number of amides is 1. The van der Waals surface area contributed by atoms with E-state index in [0.29, 0.717) is 10.9 Å². The van der Waals surface area contributed by atoms with Crippen molar-refractivity contribution < 1.29 is 18.3 Å². The molecule has 1 aromatic heterocycles. The molecule has 0 radical (unpaired) electrons. The fourth-order valence-corrected chi connectivity index (χ4v) is 2.37. The molecule has 1 amide bonds. The molecule has 0 aliphatic rings. The molecular formula is C17H22F2N2O2. The second-order valence-electron chi connectivity index (χ2n) is 6.44. The molecule has 1 heterocycles. The average Bonchev–Trinajstić information content (AvgIpc) is 2.83. The van der Waals surface area contributed by atoms with Crippen LogP contribution in [0.15, 0.2) is 12.1 Å². The molecule has 0 saturated carbocycles. The molecule has 126 valence electrons. The van der Waals surface area contributed by atoms with Crippen LogP contribution in [0.2, 0.25) is 0 Å². The SMILES string of the molecule is CCc1cc2cc(F)c(F)c(CCNC(=O)OC(C)(C)C)c2[nH]1. The fourth-order valence-electron chi connectivity index (χ4n) is 2.37. The predicted molar refractivity (Wildman–Crippen MR) is 85.5 cm³/mol. The summed E-state index contributed by atoms with van der Waals surface area (Å²) in [5, 5.41) is 3.19. The number of carbonyl (C=O) groups is 1. The number of nitrogens with one attached hydrogen (secondary N) is 2. The molecule has 6 heteroatoms. The number of alkyl carbamates (subject to hydrolysis) is 1. The quantitative estimate of drug-likeness (QED) is 0.890. The van der Waals surface area contributed by atoms with Gasteiger partial charge in [0.05, 0.1) is 5.52 Å².